The van der Waals surface area contributed by atoms with E-state index in [4.69, 9.17) is 9.47 Å². The van der Waals surface area contributed by atoms with Gasteiger partial charge in [0.05, 0.1) is 14.2 Å². The maximum Gasteiger partial charge on any atom is 0.122 e. The minimum Gasteiger partial charge on any atom is -0.496 e. The standard InChI is InChI=1S/C16H16O2/c1-17-9-5-6-10(18-2)14-13(9)11-7-3-4-8(7)12-15(11)16(12)14/h3-8,11-12,15-16H,1-2H3/t7-,8-,11-,12-,15-,16-/m0/s1. The summed E-state index contributed by atoms with van der Waals surface area (Å²) in [5.41, 5.74) is 2.92. The molecule has 4 aliphatic carbocycles. The van der Waals surface area contributed by atoms with Crippen molar-refractivity contribution in [2.75, 3.05) is 14.2 Å². The van der Waals surface area contributed by atoms with Crippen molar-refractivity contribution < 1.29 is 9.47 Å². The summed E-state index contributed by atoms with van der Waals surface area (Å²) in [6.07, 6.45) is 4.83. The largest absolute Gasteiger partial charge is 0.496 e. The molecule has 2 heteroatoms. The van der Waals surface area contributed by atoms with Gasteiger partial charge in [-0.3, -0.25) is 0 Å². The summed E-state index contributed by atoms with van der Waals surface area (Å²) < 4.78 is 11.2. The van der Waals surface area contributed by atoms with Crippen LogP contribution in [0.5, 0.6) is 11.5 Å². The summed E-state index contributed by atoms with van der Waals surface area (Å²) in [5.74, 6) is 6.99. The Morgan fingerprint density at radius 3 is 1.94 bits per heavy atom. The number of fused-ring (bicyclic) bond motifs is 7. The first kappa shape index (κ1) is 9.48. The van der Waals surface area contributed by atoms with Gasteiger partial charge in [-0.15, -0.1) is 0 Å². The Kier molecular flexibility index (Phi) is 1.46. The SMILES string of the molecule is COc1ccc(OC)c2c1[C@@H]1[C@H]3C=C[C@@H]3[C@@H]3[C@@H]2[C@@H]13. The van der Waals surface area contributed by atoms with Crippen LogP contribution in [-0.4, -0.2) is 14.2 Å². The minimum absolute atomic E-state index is 0.704. The van der Waals surface area contributed by atoms with Crippen LogP contribution in [0.3, 0.4) is 0 Å². The molecule has 0 N–H and O–H groups in total. The normalized spacial score (nSPS) is 43.9. The number of hydrogen-bond donors (Lipinski definition) is 0. The van der Waals surface area contributed by atoms with Gasteiger partial charge in [-0.1, -0.05) is 12.2 Å². The molecule has 2 nitrogen and oxygen atoms in total. The smallest absolute Gasteiger partial charge is 0.122 e. The van der Waals surface area contributed by atoms with E-state index in [0.29, 0.717) is 5.92 Å². The Morgan fingerprint density at radius 2 is 1.39 bits per heavy atom. The molecule has 0 bridgehead atoms. The molecule has 1 aromatic carbocycles. The molecule has 92 valence electrons. The van der Waals surface area contributed by atoms with Crippen molar-refractivity contribution in [3.8, 4) is 11.5 Å². The van der Waals surface area contributed by atoms with Crippen molar-refractivity contribution in [3.63, 3.8) is 0 Å². The van der Waals surface area contributed by atoms with Gasteiger partial charge >= 0.3 is 0 Å². The lowest BCUT2D eigenvalue weighted by atomic mass is 9.76. The molecule has 1 aromatic rings. The van der Waals surface area contributed by atoms with Crippen LogP contribution in [-0.2, 0) is 0 Å². The van der Waals surface area contributed by atoms with Gasteiger partial charge < -0.3 is 9.47 Å². The summed E-state index contributed by atoms with van der Waals surface area (Å²) in [4.78, 5) is 0. The first-order chi connectivity index (χ1) is 8.86. The average molecular weight is 240 g/mol. The molecule has 0 saturated heterocycles. The summed E-state index contributed by atoms with van der Waals surface area (Å²) in [6, 6.07) is 4.15. The molecule has 4 aliphatic rings. The number of rotatable bonds is 2. The second-order valence-corrected chi connectivity index (χ2v) is 6.04. The Bertz CT molecular complexity index is 589. The van der Waals surface area contributed by atoms with Gasteiger partial charge in [0.25, 0.3) is 0 Å². The molecule has 18 heavy (non-hydrogen) atoms. The van der Waals surface area contributed by atoms with Crippen LogP contribution in [0.4, 0.5) is 0 Å². The van der Waals surface area contributed by atoms with Gasteiger partial charge in [0, 0.05) is 11.1 Å². The maximum absolute atomic E-state index is 5.60. The molecule has 0 aromatic heterocycles. The number of benzene rings is 1. The highest BCUT2D eigenvalue weighted by Crippen LogP contribution is 2.81. The van der Waals surface area contributed by atoms with E-state index in [2.05, 4.69) is 24.3 Å². The lowest BCUT2D eigenvalue weighted by Gasteiger charge is -2.29. The molecule has 0 unspecified atom stereocenters. The fraction of sp³-hybridized carbons (Fsp3) is 0.500. The molecule has 5 rings (SSSR count). The van der Waals surface area contributed by atoms with Gasteiger partial charge in [-0.25, -0.2) is 0 Å². The zero-order valence-electron chi connectivity index (χ0n) is 10.6. The molecule has 2 fully saturated rings. The van der Waals surface area contributed by atoms with E-state index in [9.17, 15) is 0 Å². The number of hydrogen-bond acceptors (Lipinski definition) is 2. The highest BCUT2D eigenvalue weighted by molar-refractivity contribution is 5.63. The van der Waals surface area contributed by atoms with Gasteiger partial charge in [-0.05, 0) is 47.6 Å². The van der Waals surface area contributed by atoms with E-state index < -0.39 is 0 Å². The molecule has 0 aliphatic heterocycles. The summed E-state index contributed by atoms with van der Waals surface area (Å²) in [5, 5.41) is 0. The van der Waals surface area contributed by atoms with Crippen LogP contribution >= 0.6 is 0 Å². The topological polar surface area (TPSA) is 18.5 Å². The van der Waals surface area contributed by atoms with Crippen LogP contribution in [0.15, 0.2) is 24.3 Å². The Balaban J connectivity index is 1.77. The highest BCUT2D eigenvalue weighted by Gasteiger charge is 2.73. The first-order valence-corrected chi connectivity index (χ1v) is 6.80. The third-order valence-electron chi connectivity index (χ3n) is 5.72. The molecule has 0 heterocycles. The van der Waals surface area contributed by atoms with E-state index in [0.717, 1.165) is 41.1 Å². The Morgan fingerprint density at radius 1 is 0.778 bits per heavy atom. The fourth-order valence-corrected chi connectivity index (χ4v) is 5.10. The Labute approximate surface area is 107 Å². The van der Waals surface area contributed by atoms with Crippen LogP contribution in [0.2, 0.25) is 0 Å². The molecular formula is C16H16O2. The second-order valence-electron chi connectivity index (χ2n) is 6.04. The lowest BCUT2D eigenvalue weighted by Crippen LogP contribution is -2.20. The van der Waals surface area contributed by atoms with Gasteiger partial charge in [0.2, 0.25) is 0 Å². The number of allylic oxidation sites excluding steroid dienone is 2. The predicted octanol–water partition coefficient (Wildman–Crippen LogP) is 2.95. The van der Waals surface area contributed by atoms with Crippen LogP contribution in [0.1, 0.15) is 23.0 Å². The second kappa shape index (κ2) is 2.76. The van der Waals surface area contributed by atoms with Crippen molar-refractivity contribution in [2.45, 2.75) is 11.8 Å². The average Bonchev–Trinajstić information content (AvgIpc) is 2.89. The first-order valence-electron chi connectivity index (χ1n) is 6.80. The van der Waals surface area contributed by atoms with E-state index in [-0.39, 0.29) is 0 Å². The summed E-state index contributed by atoms with van der Waals surface area (Å²) >= 11 is 0. The predicted molar refractivity (Wildman–Crippen MR) is 68.1 cm³/mol. The van der Waals surface area contributed by atoms with Gasteiger partial charge in [0.1, 0.15) is 11.5 Å². The third kappa shape index (κ3) is 0.781. The third-order valence-corrected chi connectivity index (χ3v) is 5.72. The van der Waals surface area contributed by atoms with Crippen molar-refractivity contribution in [1.82, 2.24) is 0 Å². The maximum atomic E-state index is 5.60. The number of methoxy groups -OCH3 is 2. The van der Waals surface area contributed by atoms with Crippen LogP contribution in [0.25, 0.3) is 0 Å². The van der Waals surface area contributed by atoms with Gasteiger partial charge in [0.15, 0.2) is 0 Å². The van der Waals surface area contributed by atoms with Crippen molar-refractivity contribution in [2.24, 2.45) is 23.7 Å². The van der Waals surface area contributed by atoms with E-state index in [1.807, 2.05) is 0 Å². The molecule has 0 amide bonds. The van der Waals surface area contributed by atoms with Crippen LogP contribution in [0, 0.1) is 23.7 Å². The van der Waals surface area contributed by atoms with E-state index in [1.165, 1.54) is 11.1 Å². The van der Waals surface area contributed by atoms with Crippen LogP contribution < -0.4 is 9.47 Å². The van der Waals surface area contributed by atoms with Crippen molar-refractivity contribution in [1.29, 1.82) is 0 Å². The zero-order valence-corrected chi connectivity index (χ0v) is 10.6. The highest BCUT2D eigenvalue weighted by atomic mass is 16.5. The van der Waals surface area contributed by atoms with Gasteiger partial charge in [-0.2, -0.15) is 0 Å². The lowest BCUT2D eigenvalue weighted by molar-refractivity contribution is 0.378. The zero-order chi connectivity index (χ0) is 12.0. The monoisotopic (exact) mass is 240 g/mol. The van der Waals surface area contributed by atoms with Crippen molar-refractivity contribution in [3.05, 3.63) is 35.4 Å². The molecular weight excluding hydrogens is 224 g/mol. The molecule has 0 spiro atoms. The minimum atomic E-state index is 0.704. The summed E-state index contributed by atoms with van der Waals surface area (Å²) in [6.45, 7) is 0. The van der Waals surface area contributed by atoms with E-state index >= 15 is 0 Å². The molecule has 0 radical (unpaired) electrons. The number of ether oxygens (including phenoxy) is 2. The Hall–Kier alpha value is -1.44. The molecule has 2 saturated carbocycles. The summed E-state index contributed by atoms with van der Waals surface area (Å²) in [7, 11) is 3.57. The van der Waals surface area contributed by atoms with Crippen molar-refractivity contribution >= 4 is 0 Å². The molecule has 6 atom stereocenters. The fourth-order valence-electron chi connectivity index (χ4n) is 5.10. The van der Waals surface area contributed by atoms with E-state index in [1.54, 1.807) is 14.2 Å². The quantitative estimate of drug-likeness (QED) is 0.740.